The Balaban J connectivity index is 1.33. The molecular formula is C27H28N6. The van der Waals surface area contributed by atoms with Crippen molar-refractivity contribution < 1.29 is 0 Å². The monoisotopic (exact) mass is 436 g/mol. The maximum atomic E-state index is 4.48. The molecule has 5 rings (SSSR count). The van der Waals surface area contributed by atoms with E-state index < -0.39 is 0 Å². The van der Waals surface area contributed by atoms with Gasteiger partial charge in [0, 0.05) is 32.7 Å². The smallest absolute Gasteiger partial charge is 0.178 e. The van der Waals surface area contributed by atoms with Gasteiger partial charge in [-0.1, -0.05) is 91.0 Å². The molecule has 0 unspecified atom stereocenters. The number of aromatic nitrogens is 4. The molecule has 0 N–H and O–H groups in total. The fourth-order valence-corrected chi connectivity index (χ4v) is 4.38. The maximum Gasteiger partial charge on any atom is 0.178 e. The van der Waals surface area contributed by atoms with E-state index in [1.807, 2.05) is 41.1 Å². The van der Waals surface area contributed by atoms with Gasteiger partial charge in [-0.2, -0.15) is 4.68 Å². The first-order valence-corrected chi connectivity index (χ1v) is 11.4. The first-order chi connectivity index (χ1) is 16.4. The number of para-hydroxylation sites is 1. The standard InChI is InChI=1S/C27H28N6/c1-4-11-23(12-5-1)13-10-18-31-19-21-32(22-20-31)26(24-14-6-2-7-15-24)27-28-29-30-33(27)25-16-8-3-9-17-25/h1-17,26H,18-22H2/t26-/m0/s1. The zero-order valence-electron chi connectivity index (χ0n) is 18.6. The molecule has 0 spiro atoms. The third kappa shape index (κ3) is 5.08. The first kappa shape index (κ1) is 21.2. The lowest BCUT2D eigenvalue weighted by atomic mass is 10.0. The molecule has 1 atom stereocenters. The lowest BCUT2D eigenvalue weighted by Gasteiger charge is -2.38. The van der Waals surface area contributed by atoms with Crippen LogP contribution in [0.25, 0.3) is 11.8 Å². The Kier molecular flexibility index (Phi) is 6.66. The maximum absolute atomic E-state index is 4.48. The minimum atomic E-state index is 0.00316. The van der Waals surface area contributed by atoms with Gasteiger partial charge in [-0.15, -0.1) is 5.10 Å². The van der Waals surface area contributed by atoms with Crippen LogP contribution in [0.5, 0.6) is 0 Å². The van der Waals surface area contributed by atoms with Crippen molar-refractivity contribution in [1.82, 2.24) is 30.0 Å². The number of nitrogens with zero attached hydrogens (tertiary/aromatic N) is 6. The van der Waals surface area contributed by atoms with E-state index in [9.17, 15) is 0 Å². The van der Waals surface area contributed by atoms with Gasteiger partial charge in [-0.3, -0.25) is 9.80 Å². The van der Waals surface area contributed by atoms with Crippen molar-refractivity contribution >= 4 is 6.08 Å². The summed E-state index contributed by atoms with van der Waals surface area (Å²) in [5.74, 6) is 0.852. The van der Waals surface area contributed by atoms with Gasteiger partial charge < -0.3 is 0 Å². The van der Waals surface area contributed by atoms with Gasteiger partial charge in [0.25, 0.3) is 0 Å². The molecule has 0 aliphatic carbocycles. The van der Waals surface area contributed by atoms with E-state index in [0.717, 1.165) is 44.2 Å². The molecule has 6 heteroatoms. The van der Waals surface area contributed by atoms with Crippen LogP contribution in [-0.2, 0) is 0 Å². The van der Waals surface area contributed by atoms with Crippen LogP contribution in [0, 0.1) is 0 Å². The predicted molar refractivity (Wildman–Crippen MR) is 131 cm³/mol. The Morgan fingerprint density at radius 2 is 1.39 bits per heavy atom. The Labute approximate surface area is 194 Å². The van der Waals surface area contributed by atoms with E-state index in [2.05, 4.69) is 92.1 Å². The zero-order valence-corrected chi connectivity index (χ0v) is 18.6. The number of rotatable bonds is 7. The van der Waals surface area contributed by atoms with Gasteiger partial charge in [-0.25, -0.2) is 0 Å². The third-order valence-corrected chi connectivity index (χ3v) is 6.10. The quantitative estimate of drug-likeness (QED) is 0.437. The van der Waals surface area contributed by atoms with Crippen LogP contribution >= 0.6 is 0 Å². The number of piperazine rings is 1. The average molecular weight is 437 g/mol. The van der Waals surface area contributed by atoms with Crippen LogP contribution in [0.4, 0.5) is 0 Å². The van der Waals surface area contributed by atoms with Crippen LogP contribution in [0.2, 0.25) is 0 Å². The zero-order chi connectivity index (χ0) is 22.3. The van der Waals surface area contributed by atoms with Crippen LogP contribution in [0.15, 0.2) is 97.1 Å². The summed E-state index contributed by atoms with van der Waals surface area (Å²) in [6.07, 6.45) is 4.46. The van der Waals surface area contributed by atoms with Crippen molar-refractivity contribution in [3.63, 3.8) is 0 Å². The summed E-state index contributed by atoms with van der Waals surface area (Å²) in [6, 6.07) is 31.2. The molecule has 1 aromatic heterocycles. The second-order valence-electron chi connectivity index (χ2n) is 8.25. The normalized spacial score (nSPS) is 16.2. The lowest BCUT2D eigenvalue weighted by molar-refractivity contribution is 0.113. The highest BCUT2D eigenvalue weighted by molar-refractivity contribution is 5.48. The molecule has 1 aliphatic heterocycles. The van der Waals surface area contributed by atoms with Crippen molar-refractivity contribution in [3.8, 4) is 5.69 Å². The molecule has 33 heavy (non-hydrogen) atoms. The molecule has 166 valence electrons. The Bertz CT molecular complexity index is 1150. The number of hydrogen-bond donors (Lipinski definition) is 0. The summed E-state index contributed by atoms with van der Waals surface area (Å²) < 4.78 is 1.87. The number of tetrazole rings is 1. The lowest BCUT2D eigenvalue weighted by Crippen LogP contribution is -2.48. The largest absolute Gasteiger partial charge is 0.297 e. The summed E-state index contributed by atoms with van der Waals surface area (Å²) in [6.45, 7) is 4.89. The number of hydrogen-bond acceptors (Lipinski definition) is 5. The van der Waals surface area contributed by atoms with Crippen molar-refractivity contribution in [2.75, 3.05) is 32.7 Å². The fraction of sp³-hybridized carbons (Fsp3) is 0.222. The SMILES string of the molecule is C(=Cc1ccccc1)CN1CCN([C@@H](c2ccccc2)c2nnnn2-c2ccccc2)CC1. The predicted octanol–water partition coefficient (Wildman–Crippen LogP) is 4.08. The van der Waals surface area contributed by atoms with Gasteiger partial charge in [0.05, 0.1) is 11.7 Å². The number of benzene rings is 3. The van der Waals surface area contributed by atoms with E-state index in [1.54, 1.807) is 0 Å². The van der Waals surface area contributed by atoms with Crippen LogP contribution in [-0.4, -0.2) is 62.7 Å². The van der Waals surface area contributed by atoms with Crippen LogP contribution in [0.1, 0.15) is 23.0 Å². The van der Waals surface area contributed by atoms with Crippen molar-refractivity contribution in [2.24, 2.45) is 0 Å². The van der Waals surface area contributed by atoms with Crippen LogP contribution in [0.3, 0.4) is 0 Å². The minimum absolute atomic E-state index is 0.00316. The molecule has 2 heterocycles. The van der Waals surface area contributed by atoms with Crippen molar-refractivity contribution in [1.29, 1.82) is 0 Å². The molecule has 1 fully saturated rings. The van der Waals surface area contributed by atoms with Gasteiger partial charge in [0.1, 0.15) is 0 Å². The Morgan fingerprint density at radius 3 is 2.09 bits per heavy atom. The van der Waals surface area contributed by atoms with Gasteiger partial charge in [0.15, 0.2) is 5.82 Å². The summed E-state index contributed by atoms with van der Waals surface area (Å²) in [5, 5.41) is 12.8. The topological polar surface area (TPSA) is 50.1 Å². The van der Waals surface area contributed by atoms with Gasteiger partial charge >= 0.3 is 0 Å². The molecule has 0 bridgehead atoms. The summed E-state index contributed by atoms with van der Waals surface area (Å²) in [5.41, 5.74) is 3.43. The fourth-order valence-electron chi connectivity index (χ4n) is 4.38. The molecule has 1 saturated heterocycles. The molecule has 1 aliphatic rings. The highest BCUT2D eigenvalue weighted by atomic mass is 15.6. The molecule has 0 radical (unpaired) electrons. The van der Waals surface area contributed by atoms with Gasteiger partial charge in [0.2, 0.25) is 0 Å². The second kappa shape index (κ2) is 10.3. The summed E-state index contributed by atoms with van der Waals surface area (Å²) >= 11 is 0. The molecule has 6 nitrogen and oxygen atoms in total. The minimum Gasteiger partial charge on any atom is -0.297 e. The van der Waals surface area contributed by atoms with E-state index in [-0.39, 0.29) is 6.04 Å². The van der Waals surface area contributed by atoms with Gasteiger partial charge in [-0.05, 0) is 33.7 Å². The van der Waals surface area contributed by atoms with E-state index in [0.29, 0.717) is 0 Å². The molecule has 0 amide bonds. The molecular weight excluding hydrogens is 408 g/mol. The van der Waals surface area contributed by atoms with E-state index >= 15 is 0 Å². The van der Waals surface area contributed by atoms with Crippen molar-refractivity contribution in [2.45, 2.75) is 6.04 Å². The molecule has 4 aromatic rings. The first-order valence-electron chi connectivity index (χ1n) is 11.4. The molecule has 3 aromatic carbocycles. The van der Waals surface area contributed by atoms with E-state index in [4.69, 9.17) is 0 Å². The Morgan fingerprint density at radius 1 is 0.758 bits per heavy atom. The Hall–Kier alpha value is -3.61. The molecule has 0 saturated carbocycles. The van der Waals surface area contributed by atoms with Crippen molar-refractivity contribution in [3.05, 3.63) is 114 Å². The summed E-state index contributed by atoms with van der Waals surface area (Å²) in [4.78, 5) is 5.00. The third-order valence-electron chi connectivity index (χ3n) is 6.10. The summed E-state index contributed by atoms with van der Waals surface area (Å²) in [7, 11) is 0. The second-order valence-corrected chi connectivity index (χ2v) is 8.25. The van der Waals surface area contributed by atoms with Crippen LogP contribution < -0.4 is 0 Å². The van der Waals surface area contributed by atoms with E-state index in [1.165, 1.54) is 11.1 Å². The highest BCUT2D eigenvalue weighted by Crippen LogP contribution is 2.29. The highest BCUT2D eigenvalue weighted by Gasteiger charge is 2.30. The average Bonchev–Trinajstić information content (AvgIpc) is 3.36.